The topological polar surface area (TPSA) is 84.5 Å². The van der Waals surface area contributed by atoms with Crippen LogP contribution in [0.1, 0.15) is 5.56 Å². The van der Waals surface area contributed by atoms with Gasteiger partial charge in [-0.1, -0.05) is 41.9 Å². The number of benzene rings is 3. The largest absolute Gasteiger partial charge is 0.484 e. The molecule has 0 saturated carbocycles. The quantitative estimate of drug-likeness (QED) is 0.546. The minimum atomic E-state index is -3.68. The number of halogens is 2. The molecule has 0 unspecified atom stereocenters. The zero-order valence-corrected chi connectivity index (χ0v) is 17.2. The first-order valence-electron chi connectivity index (χ1n) is 8.85. The number of anilines is 1. The Kier molecular flexibility index (Phi) is 7.04. The van der Waals surface area contributed by atoms with Gasteiger partial charge in [0.05, 0.1) is 9.92 Å². The van der Waals surface area contributed by atoms with E-state index in [0.29, 0.717) is 11.4 Å². The van der Waals surface area contributed by atoms with Crippen molar-refractivity contribution in [3.05, 3.63) is 89.2 Å². The normalized spacial score (nSPS) is 11.1. The Labute approximate surface area is 178 Å². The van der Waals surface area contributed by atoms with Crippen LogP contribution in [0.4, 0.5) is 10.1 Å². The number of ether oxygens (including phenoxy) is 1. The molecule has 3 aromatic rings. The Morgan fingerprint density at radius 1 is 1.00 bits per heavy atom. The lowest BCUT2D eigenvalue weighted by Gasteiger charge is -2.10. The summed E-state index contributed by atoms with van der Waals surface area (Å²) in [5, 5.41) is 2.42. The minimum Gasteiger partial charge on any atom is -0.484 e. The molecule has 0 aliphatic heterocycles. The van der Waals surface area contributed by atoms with Crippen LogP contribution in [0.2, 0.25) is 5.02 Å². The van der Waals surface area contributed by atoms with Crippen molar-refractivity contribution in [2.45, 2.75) is 11.4 Å². The van der Waals surface area contributed by atoms with E-state index >= 15 is 0 Å². The van der Waals surface area contributed by atoms with Crippen molar-refractivity contribution >= 4 is 33.2 Å². The van der Waals surface area contributed by atoms with Crippen molar-refractivity contribution in [1.82, 2.24) is 4.72 Å². The lowest BCUT2D eigenvalue weighted by molar-refractivity contribution is -0.118. The molecule has 3 aromatic carbocycles. The first-order valence-corrected chi connectivity index (χ1v) is 10.7. The van der Waals surface area contributed by atoms with E-state index in [-0.39, 0.29) is 23.1 Å². The molecule has 1 amide bonds. The standard InChI is InChI=1S/C21H18ClFN2O4S/c22-19-12-16(6-11-20(19)23)25-21(26)14-29-17-7-9-18(10-8-17)30(27,28)24-13-15-4-2-1-3-5-15/h1-12,24H,13-14H2,(H,25,26). The highest BCUT2D eigenvalue weighted by molar-refractivity contribution is 7.89. The Balaban J connectivity index is 1.53. The molecule has 2 N–H and O–H groups in total. The van der Waals surface area contributed by atoms with Gasteiger partial charge in [-0.3, -0.25) is 4.79 Å². The summed E-state index contributed by atoms with van der Waals surface area (Å²) >= 11 is 5.67. The van der Waals surface area contributed by atoms with Gasteiger partial charge in [0, 0.05) is 12.2 Å². The summed E-state index contributed by atoms with van der Waals surface area (Å²) < 4.78 is 45.8. The maximum atomic E-state index is 13.1. The molecule has 0 fully saturated rings. The van der Waals surface area contributed by atoms with Gasteiger partial charge in [-0.05, 0) is 48.0 Å². The molecule has 0 spiro atoms. The van der Waals surface area contributed by atoms with E-state index in [4.69, 9.17) is 16.3 Å². The van der Waals surface area contributed by atoms with E-state index in [1.54, 1.807) is 0 Å². The third-order valence-corrected chi connectivity index (χ3v) is 5.72. The molecule has 3 rings (SSSR count). The van der Waals surface area contributed by atoms with Gasteiger partial charge < -0.3 is 10.1 Å². The second-order valence-electron chi connectivity index (χ2n) is 6.25. The summed E-state index contributed by atoms with van der Waals surface area (Å²) in [7, 11) is -3.68. The van der Waals surface area contributed by atoms with Crippen LogP contribution in [0.15, 0.2) is 77.7 Å². The maximum Gasteiger partial charge on any atom is 0.262 e. The molecule has 0 radical (unpaired) electrons. The van der Waals surface area contributed by atoms with E-state index in [1.165, 1.54) is 36.4 Å². The number of carbonyl (C=O) groups excluding carboxylic acids is 1. The molecule has 0 aliphatic carbocycles. The van der Waals surface area contributed by atoms with Crippen LogP contribution in [-0.2, 0) is 21.4 Å². The average molecular weight is 449 g/mol. The van der Waals surface area contributed by atoms with Gasteiger partial charge in [0.1, 0.15) is 11.6 Å². The highest BCUT2D eigenvalue weighted by Crippen LogP contribution is 2.20. The summed E-state index contributed by atoms with van der Waals surface area (Å²) in [6.45, 7) is -0.137. The van der Waals surface area contributed by atoms with Gasteiger partial charge in [-0.25, -0.2) is 17.5 Å². The van der Waals surface area contributed by atoms with Gasteiger partial charge in [0.25, 0.3) is 5.91 Å². The highest BCUT2D eigenvalue weighted by Gasteiger charge is 2.14. The molecular formula is C21H18ClFN2O4S. The van der Waals surface area contributed by atoms with Crippen molar-refractivity contribution in [3.63, 3.8) is 0 Å². The Morgan fingerprint density at radius 3 is 2.37 bits per heavy atom. The molecule has 9 heteroatoms. The smallest absolute Gasteiger partial charge is 0.262 e. The second kappa shape index (κ2) is 9.71. The summed E-state index contributed by atoms with van der Waals surface area (Å²) in [6.07, 6.45) is 0. The Morgan fingerprint density at radius 2 is 1.70 bits per heavy atom. The molecule has 0 heterocycles. The fourth-order valence-corrected chi connectivity index (χ4v) is 3.69. The van der Waals surface area contributed by atoms with Crippen molar-refractivity contribution in [2.75, 3.05) is 11.9 Å². The van der Waals surface area contributed by atoms with Crippen LogP contribution in [-0.4, -0.2) is 20.9 Å². The molecule has 0 atom stereocenters. The van der Waals surface area contributed by atoms with E-state index < -0.39 is 21.7 Å². The van der Waals surface area contributed by atoms with Gasteiger partial charge in [-0.2, -0.15) is 0 Å². The Bertz CT molecular complexity index is 1120. The number of sulfonamides is 1. The first kappa shape index (κ1) is 21.8. The number of nitrogens with one attached hydrogen (secondary N) is 2. The minimum absolute atomic E-state index is 0.0798. The van der Waals surface area contributed by atoms with E-state index in [9.17, 15) is 17.6 Å². The van der Waals surface area contributed by atoms with Crippen molar-refractivity contribution in [2.24, 2.45) is 0 Å². The van der Waals surface area contributed by atoms with E-state index in [1.807, 2.05) is 30.3 Å². The van der Waals surface area contributed by atoms with E-state index in [0.717, 1.165) is 11.6 Å². The molecule has 0 aliphatic rings. The summed E-state index contributed by atoms with van der Waals surface area (Å²) in [5.74, 6) is -0.734. The number of hydrogen-bond acceptors (Lipinski definition) is 4. The third kappa shape index (κ3) is 6.03. The van der Waals surface area contributed by atoms with Crippen molar-refractivity contribution in [1.29, 1.82) is 0 Å². The molecule has 0 aromatic heterocycles. The Hall–Kier alpha value is -2.94. The zero-order chi connectivity index (χ0) is 21.6. The predicted octanol–water partition coefficient (Wildman–Crippen LogP) is 3.98. The molecule has 0 bridgehead atoms. The zero-order valence-electron chi connectivity index (χ0n) is 15.6. The summed E-state index contributed by atoms with van der Waals surface area (Å²) in [4.78, 5) is 12.0. The maximum absolute atomic E-state index is 13.1. The van der Waals surface area contributed by atoms with Crippen LogP contribution >= 0.6 is 11.6 Å². The molecule has 6 nitrogen and oxygen atoms in total. The monoisotopic (exact) mass is 448 g/mol. The molecular weight excluding hydrogens is 431 g/mol. The van der Waals surface area contributed by atoms with Crippen LogP contribution in [0, 0.1) is 5.82 Å². The SMILES string of the molecule is O=C(COc1ccc(S(=O)(=O)NCc2ccccc2)cc1)Nc1ccc(F)c(Cl)c1. The van der Waals surface area contributed by atoms with E-state index in [2.05, 4.69) is 10.0 Å². The second-order valence-corrected chi connectivity index (χ2v) is 8.42. The van der Waals surface area contributed by atoms with Gasteiger partial charge in [0.2, 0.25) is 10.0 Å². The number of amides is 1. The molecule has 156 valence electrons. The van der Waals surface area contributed by atoms with Crippen molar-refractivity contribution in [3.8, 4) is 5.75 Å². The fourth-order valence-electron chi connectivity index (χ4n) is 2.49. The predicted molar refractivity (Wildman–Crippen MR) is 112 cm³/mol. The summed E-state index contributed by atoms with van der Waals surface area (Å²) in [6, 6.07) is 18.7. The van der Waals surface area contributed by atoms with Crippen molar-refractivity contribution < 1.29 is 22.3 Å². The number of rotatable bonds is 8. The molecule has 30 heavy (non-hydrogen) atoms. The first-order chi connectivity index (χ1) is 14.3. The van der Waals surface area contributed by atoms with Gasteiger partial charge in [-0.15, -0.1) is 0 Å². The van der Waals surface area contributed by atoms with Crippen LogP contribution in [0.25, 0.3) is 0 Å². The lowest BCUT2D eigenvalue weighted by atomic mass is 10.2. The lowest BCUT2D eigenvalue weighted by Crippen LogP contribution is -2.23. The van der Waals surface area contributed by atoms with Crippen LogP contribution in [0.5, 0.6) is 5.75 Å². The summed E-state index contributed by atoms with van der Waals surface area (Å²) in [5.41, 5.74) is 1.18. The number of hydrogen-bond donors (Lipinski definition) is 2. The third-order valence-electron chi connectivity index (χ3n) is 4.02. The van der Waals surface area contributed by atoms with Gasteiger partial charge in [0.15, 0.2) is 6.61 Å². The number of carbonyl (C=O) groups is 1. The van der Waals surface area contributed by atoms with Crippen LogP contribution < -0.4 is 14.8 Å². The average Bonchev–Trinajstić information content (AvgIpc) is 2.74. The van der Waals surface area contributed by atoms with Crippen LogP contribution in [0.3, 0.4) is 0 Å². The molecule has 0 saturated heterocycles. The fraction of sp³-hybridized carbons (Fsp3) is 0.0952. The van der Waals surface area contributed by atoms with Gasteiger partial charge >= 0.3 is 0 Å². The highest BCUT2D eigenvalue weighted by atomic mass is 35.5.